The number of rotatable bonds is 7. The average Bonchev–Trinajstić information content (AvgIpc) is 2.83. The molecular formula is C13H24N2OS. The molecule has 0 bridgehead atoms. The van der Waals surface area contributed by atoms with E-state index in [4.69, 9.17) is 5.73 Å². The second-order valence-electron chi connectivity index (χ2n) is 4.58. The van der Waals surface area contributed by atoms with Crippen molar-refractivity contribution in [3.05, 3.63) is 11.8 Å². The lowest BCUT2D eigenvalue weighted by Gasteiger charge is -2.22. The second-order valence-corrected chi connectivity index (χ2v) is 5.61. The Balaban J connectivity index is 2.34. The van der Waals surface area contributed by atoms with E-state index in [0.29, 0.717) is 18.2 Å². The van der Waals surface area contributed by atoms with Gasteiger partial charge in [-0.05, 0) is 44.4 Å². The van der Waals surface area contributed by atoms with Crippen LogP contribution in [0, 0.1) is 5.92 Å². The number of allylic oxidation sites excluding steroid dienone is 2. The highest BCUT2D eigenvalue weighted by Gasteiger charge is 2.18. The summed E-state index contributed by atoms with van der Waals surface area (Å²) in [5, 5.41) is 0. The first-order chi connectivity index (χ1) is 8.19. The molecule has 3 nitrogen and oxygen atoms in total. The van der Waals surface area contributed by atoms with Crippen molar-refractivity contribution in [1.29, 1.82) is 0 Å². The van der Waals surface area contributed by atoms with Crippen molar-refractivity contribution in [1.82, 2.24) is 4.90 Å². The minimum Gasteiger partial charge on any atom is -0.330 e. The largest absolute Gasteiger partial charge is 0.330 e. The Morgan fingerprint density at radius 1 is 1.65 bits per heavy atom. The molecule has 1 atom stereocenters. The van der Waals surface area contributed by atoms with E-state index in [1.807, 2.05) is 11.8 Å². The molecule has 0 heterocycles. The minimum absolute atomic E-state index is 0.245. The number of hydrogen-bond acceptors (Lipinski definition) is 3. The third-order valence-corrected chi connectivity index (χ3v) is 4.27. The fourth-order valence-electron chi connectivity index (χ4n) is 1.93. The zero-order chi connectivity index (χ0) is 12.7. The van der Waals surface area contributed by atoms with Crippen LogP contribution in [0.2, 0.25) is 0 Å². The first-order valence-electron chi connectivity index (χ1n) is 6.46. The monoisotopic (exact) mass is 256 g/mol. The highest BCUT2D eigenvalue weighted by Crippen LogP contribution is 2.22. The number of thioether (sulfide) groups is 1. The van der Waals surface area contributed by atoms with E-state index < -0.39 is 0 Å². The molecule has 1 aliphatic rings. The van der Waals surface area contributed by atoms with Gasteiger partial charge in [-0.3, -0.25) is 4.79 Å². The molecule has 0 aromatic rings. The van der Waals surface area contributed by atoms with E-state index in [9.17, 15) is 4.79 Å². The van der Waals surface area contributed by atoms with Gasteiger partial charge in [-0.25, -0.2) is 0 Å². The molecule has 98 valence electrons. The first-order valence-corrected chi connectivity index (χ1v) is 7.61. The third kappa shape index (κ3) is 4.72. The van der Waals surface area contributed by atoms with Gasteiger partial charge in [0.2, 0.25) is 5.91 Å². The highest BCUT2D eigenvalue weighted by atomic mass is 32.2. The van der Waals surface area contributed by atoms with E-state index in [1.54, 1.807) is 11.8 Å². The molecule has 2 N–H and O–H groups in total. The summed E-state index contributed by atoms with van der Waals surface area (Å²) in [6.07, 6.45) is 5.57. The van der Waals surface area contributed by atoms with Gasteiger partial charge in [-0.2, -0.15) is 11.8 Å². The third-order valence-electron chi connectivity index (χ3n) is 3.01. The molecule has 0 fully saturated rings. The molecule has 1 unspecified atom stereocenters. The van der Waals surface area contributed by atoms with Gasteiger partial charge in [0.25, 0.3) is 0 Å². The summed E-state index contributed by atoms with van der Waals surface area (Å²) >= 11 is 1.70. The lowest BCUT2D eigenvalue weighted by Crippen LogP contribution is -2.31. The molecule has 0 radical (unpaired) electrons. The van der Waals surface area contributed by atoms with Gasteiger partial charge in [0.1, 0.15) is 0 Å². The molecule has 4 heteroatoms. The van der Waals surface area contributed by atoms with Crippen LogP contribution in [-0.4, -0.2) is 35.4 Å². The van der Waals surface area contributed by atoms with E-state index >= 15 is 0 Å². The number of hydrogen-bond donors (Lipinski definition) is 1. The van der Waals surface area contributed by atoms with Gasteiger partial charge >= 0.3 is 0 Å². The van der Waals surface area contributed by atoms with Crippen LogP contribution in [0.5, 0.6) is 0 Å². The number of nitrogens with two attached hydrogens (primary N) is 1. The Morgan fingerprint density at radius 2 is 2.41 bits per heavy atom. The van der Waals surface area contributed by atoms with Crippen molar-refractivity contribution >= 4 is 17.7 Å². The molecular weight excluding hydrogens is 232 g/mol. The van der Waals surface area contributed by atoms with Crippen molar-refractivity contribution in [2.45, 2.75) is 33.1 Å². The van der Waals surface area contributed by atoms with Crippen LogP contribution in [0.1, 0.15) is 33.1 Å². The van der Waals surface area contributed by atoms with Gasteiger partial charge in [-0.15, -0.1) is 0 Å². The van der Waals surface area contributed by atoms with Crippen LogP contribution in [0.4, 0.5) is 0 Å². The van der Waals surface area contributed by atoms with Crippen LogP contribution in [-0.2, 0) is 4.79 Å². The fourth-order valence-corrected chi connectivity index (χ4v) is 2.92. The minimum atomic E-state index is 0.245. The predicted octanol–water partition coefficient (Wildman–Crippen LogP) is 2.23. The molecule has 0 aliphatic heterocycles. The normalized spacial score (nSPS) is 16.8. The average molecular weight is 256 g/mol. The fraction of sp³-hybridized carbons (Fsp3) is 0.769. The Hall–Kier alpha value is -0.480. The molecule has 0 aromatic carbocycles. The molecule has 1 aliphatic carbocycles. The van der Waals surface area contributed by atoms with E-state index in [1.165, 1.54) is 12.1 Å². The predicted molar refractivity (Wildman–Crippen MR) is 74.9 cm³/mol. The molecule has 0 saturated heterocycles. The number of carbonyl (C=O) groups excluding carboxylic acids is 1. The zero-order valence-corrected chi connectivity index (χ0v) is 11.8. The standard InChI is InChI=1S/C13H24N2OS/c1-3-15(12-6-4-5-7-12)13(16)10-17-9-11(2)8-14/h6,11H,3-5,7-10,14H2,1-2H3. The summed E-state index contributed by atoms with van der Waals surface area (Å²) in [5.74, 6) is 2.29. The Bertz CT molecular complexity index is 279. The number of nitrogens with zero attached hydrogens (tertiary/aromatic N) is 1. The Kier molecular flexibility index (Phi) is 6.66. The summed E-state index contributed by atoms with van der Waals surface area (Å²) in [6, 6.07) is 0. The van der Waals surface area contributed by atoms with Crippen LogP contribution in [0.15, 0.2) is 11.8 Å². The maximum absolute atomic E-state index is 12.1. The summed E-state index contributed by atoms with van der Waals surface area (Å²) in [4.78, 5) is 14.0. The lowest BCUT2D eigenvalue weighted by molar-refractivity contribution is -0.126. The smallest absolute Gasteiger partial charge is 0.236 e. The zero-order valence-electron chi connectivity index (χ0n) is 10.9. The van der Waals surface area contributed by atoms with Crippen molar-refractivity contribution < 1.29 is 4.79 Å². The summed E-state index contributed by atoms with van der Waals surface area (Å²) in [6.45, 7) is 5.65. The Labute approximate surface area is 109 Å². The van der Waals surface area contributed by atoms with Gasteiger partial charge in [0.15, 0.2) is 0 Å². The molecule has 1 rings (SSSR count). The van der Waals surface area contributed by atoms with Crippen molar-refractivity contribution in [2.75, 3.05) is 24.6 Å². The highest BCUT2D eigenvalue weighted by molar-refractivity contribution is 7.99. The maximum Gasteiger partial charge on any atom is 0.236 e. The lowest BCUT2D eigenvalue weighted by atomic mass is 10.2. The maximum atomic E-state index is 12.1. The second kappa shape index (κ2) is 7.77. The number of carbonyl (C=O) groups is 1. The van der Waals surface area contributed by atoms with Crippen molar-refractivity contribution in [3.63, 3.8) is 0 Å². The summed E-state index contributed by atoms with van der Waals surface area (Å²) in [5.41, 5.74) is 6.78. The summed E-state index contributed by atoms with van der Waals surface area (Å²) < 4.78 is 0. The molecule has 1 amide bonds. The number of amides is 1. The molecule has 0 aromatic heterocycles. The summed E-state index contributed by atoms with van der Waals surface area (Å²) in [7, 11) is 0. The topological polar surface area (TPSA) is 46.3 Å². The van der Waals surface area contributed by atoms with Crippen LogP contribution in [0.3, 0.4) is 0 Å². The van der Waals surface area contributed by atoms with Crippen LogP contribution >= 0.6 is 11.8 Å². The van der Waals surface area contributed by atoms with Crippen molar-refractivity contribution in [3.8, 4) is 0 Å². The van der Waals surface area contributed by atoms with Crippen LogP contribution < -0.4 is 5.73 Å². The quantitative estimate of drug-likeness (QED) is 0.760. The van der Waals surface area contributed by atoms with Gasteiger partial charge in [0.05, 0.1) is 5.75 Å². The molecule has 0 saturated carbocycles. The molecule has 17 heavy (non-hydrogen) atoms. The van der Waals surface area contributed by atoms with Crippen LogP contribution in [0.25, 0.3) is 0 Å². The van der Waals surface area contributed by atoms with Crippen molar-refractivity contribution in [2.24, 2.45) is 11.7 Å². The van der Waals surface area contributed by atoms with Gasteiger partial charge in [-0.1, -0.05) is 13.0 Å². The Morgan fingerprint density at radius 3 is 2.94 bits per heavy atom. The van der Waals surface area contributed by atoms with Gasteiger partial charge in [0, 0.05) is 12.2 Å². The first kappa shape index (κ1) is 14.6. The van der Waals surface area contributed by atoms with E-state index in [-0.39, 0.29) is 5.91 Å². The SMILES string of the molecule is CCN(C(=O)CSCC(C)CN)C1=CCCC1. The van der Waals surface area contributed by atoms with E-state index in [2.05, 4.69) is 13.0 Å². The van der Waals surface area contributed by atoms with Gasteiger partial charge < -0.3 is 10.6 Å². The molecule has 0 spiro atoms. The van der Waals surface area contributed by atoms with E-state index in [0.717, 1.165) is 25.1 Å².